The minimum absolute atomic E-state index is 0.107. The second-order valence-corrected chi connectivity index (χ2v) is 11.1. The van der Waals surface area contributed by atoms with Gasteiger partial charge in [0.05, 0.1) is 4.90 Å². The fraction of sp³-hybridized carbons (Fsp3) is 0.440. The highest BCUT2D eigenvalue weighted by Crippen LogP contribution is 2.27. The molecule has 1 amide bonds. The minimum atomic E-state index is -3.66. The molecule has 2 aromatic rings. The number of hydrogen-bond acceptors (Lipinski definition) is 4. The van der Waals surface area contributed by atoms with Gasteiger partial charge < -0.3 is 4.90 Å². The zero-order valence-corrected chi connectivity index (χ0v) is 20.5. The van der Waals surface area contributed by atoms with Crippen molar-refractivity contribution < 1.29 is 18.0 Å². The van der Waals surface area contributed by atoms with Crippen LogP contribution in [0.5, 0.6) is 0 Å². The van der Waals surface area contributed by atoms with Crippen LogP contribution in [0.15, 0.2) is 35.2 Å². The molecule has 1 saturated heterocycles. The van der Waals surface area contributed by atoms with Crippen LogP contribution in [0.25, 0.3) is 0 Å². The van der Waals surface area contributed by atoms with Crippen molar-refractivity contribution in [1.29, 1.82) is 0 Å². The van der Waals surface area contributed by atoms with Gasteiger partial charge in [-0.3, -0.25) is 9.59 Å². The van der Waals surface area contributed by atoms with Gasteiger partial charge in [-0.2, -0.15) is 0 Å². The summed E-state index contributed by atoms with van der Waals surface area (Å²) >= 11 is 0. The molecule has 3 rings (SSSR count). The fourth-order valence-corrected chi connectivity index (χ4v) is 5.47. The van der Waals surface area contributed by atoms with Crippen molar-refractivity contribution in [3.8, 4) is 0 Å². The van der Waals surface area contributed by atoms with Gasteiger partial charge in [-0.25, -0.2) is 12.7 Å². The van der Waals surface area contributed by atoms with Crippen molar-refractivity contribution in [3.63, 3.8) is 0 Å². The summed E-state index contributed by atoms with van der Waals surface area (Å²) < 4.78 is 26.6. The average Bonchev–Trinajstić information content (AvgIpc) is 2.74. The predicted octanol–water partition coefficient (Wildman–Crippen LogP) is 3.91. The number of carbonyl (C=O) groups excluding carboxylic acids is 2. The molecule has 7 heteroatoms. The monoisotopic (exact) mass is 456 g/mol. The van der Waals surface area contributed by atoms with E-state index in [4.69, 9.17) is 0 Å². The number of aryl methyl sites for hydroxylation is 3. The molecule has 1 aliphatic rings. The van der Waals surface area contributed by atoms with E-state index in [1.165, 1.54) is 20.2 Å². The predicted molar refractivity (Wildman–Crippen MR) is 126 cm³/mol. The van der Waals surface area contributed by atoms with E-state index >= 15 is 0 Å². The number of carbonyl (C=O) groups is 2. The average molecular weight is 457 g/mol. The third-order valence-electron chi connectivity index (χ3n) is 6.43. The highest BCUT2D eigenvalue weighted by molar-refractivity contribution is 7.89. The molecule has 0 saturated carbocycles. The largest absolute Gasteiger partial charge is 0.339 e. The number of benzene rings is 2. The Morgan fingerprint density at radius 2 is 1.56 bits per heavy atom. The Labute approximate surface area is 191 Å². The molecular formula is C25H32N2O4S. The van der Waals surface area contributed by atoms with E-state index in [-0.39, 0.29) is 22.5 Å². The van der Waals surface area contributed by atoms with Crippen LogP contribution in [0.1, 0.15) is 55.8 Å². The summed E-state index contributed by atoms with van der Waals surface area (Å²) in [5.41, 5.74) is 4.65. The minimum Gasteiger partial charge on any atom is -0.339 e. The summed E-state index contributed by atoms with van der Waals surface area (Å²) in [6, 6.07) is 9.10. The van der Waals surface area contributed by atoms with Crippen molar-refractivity contribution in [1.82, 2.24) is 9.21 Å². The van der Waals surface area contributed by atoms with Gasteiger partial charge in [-0.15, -0.1) is 0 Å². The number of Topliss-reactive ketones (excluding diaryl/α,β-unsaturated/α-hetero) is 1. The van der Waals surface area contributed by atoms with Gasteiger partial charge in [0.1, 0.15) is 0 Å². The Bertz CT molecular complexity index is 1160. The quantitative estimate of drug-likeness (QED) is 0.640. The van der Waals surface area contributed by atoms with E-state index in [1.807, 2.05) is 39.0 Å². The number of rotatable bonds is 5. The van der Waals surface area contributed by atoms with Crippen molar-refractivity contribution in [3.05, 3.63) is 63.7 Å². The van der Waals surface area contributed by atoms with Gasteiger partial charge in [0, 0.05) is 44.2 Å². The van der Waals surface area contributed by atoms with Gasteiger partial charge in [0.25, 0.3) is 5.91 Å². The summed E-state index contributed by atoms with van der Waals surface area (Å²) in [6.45, 7) is 8.48. The summed E-state index contributed by atoms with van der Waals surface area (Å²) in [7, 11) is -0.692. The number of hydrogen-bond donors (Lipinski definition) is 0. The Morgan fingerprint density at radius 3 is 2.12 bits per heavy atom. The maximum absolute atomic E-state index is 13.2. The van der Waals surface area contributed by atoms with Crippen LogP contribution >= 0.6 is 0 Å². The Balaban J connectivity index is 1.77. The molecule has 0 radical (unpaired) electrons. The molecule has 172 valence electrons. The first-order valence-electron chi connectivity index (χ1n) is 10.9. The van der Waals surface area contributed by atoms with Gasteiger partial charge in [0.15, 0.2) is 5.78 Å². The standard InChI is InChI=1S/C25H32N2O4S/c1-16-7-8-22(18(3)13-16)24(28)20-9-11-27(12-10-20)25(29)21-14-17(2)19(4)23(15-21)32(30,31)26(5)6/h7-8,13-15,20H,9-12H2,1-6H3. The maximum Gasteiger partial charge on any atom is 0.253 e. The first kappa shape index (κ1) is 24.1. The number of amides is 1. The Morgan fingerprint density at radius 1 is 0.938 bits per heavy atom. The van der Waals surface area contributed by atoms with Crippen LogP contribution in [-0.2, 0) is 10.0 Å². The molecule has 0 aromatic heterocycles. The molecule has 0 unspecified atom stereocenters. The number of ketones is 1. The van der Waals surface area contributed by atoms with Crippen molar-refractivity contribution >= 4 is 21.7 Å². The zero-order chi connectivity index (χ0) is 23.8. The number of nitrogens with zero attached hydrogens (tertiary/aromatic N) is 2. The molecule has 0 spiro atoms. The van der Waals surface area contributed by atoms with Gasteiger partial charge in [0.2, 0.25) is 10.0 Å². The second-order valence-electron chi connectivity index (χ2n) is 8.95. The van der Waals surface area contributed by atoms with Crippen LogP contribution in [0.3, 0.4) is 0 Å². The molecule has 0 atom stereocenters. The smallest absolute Gasteiger partial charge is 0.253 e. The second kappa shape index (κ2) is 9.16. The van der Waals surface area contributed by atoms with Crippen molar-refractivity contribution in [2.45, 2.75) is 45.4 Å². The van der Waals surface area contributed by atoms with Crippen LogP contribution < -0.4 is 0 Å². The van der Waals surface area contributed by atoms with E-state index in [0.717, 1.165) is 26.6 Å². The number of likely N-dealkylation sites (tertiary alicyclic amines) is 1. The lowest BCUT2D eigenvalue weighted by molar-refractivity contribution is 0.0650. The van der Waals surface area contributed by atoms with Gasteiger partial charge >= 0.3 is 0 Å². The first-order valence-corrected chi connectivity index (χ1v) is 12.3. The number of piperidine rings is 1. The lowest BCUT2D eigenvalue weighted by Crippen LogP contribution is -2.40. The SMILES string of the molecule is Cc1ccc(C(=O)C2CCN(C(=O)c3cc(C)c(C)c(S(=O)(=O)N(C)C)c3)CC2)c(C)c1. The molecule has 1 fully saturated rings. The van der Waals surface area contributed by atoms with E-state index < -0.39 is 10.0 Å². The highest BCUT2D eigenvalue weighted by atomic mass is 32.2. The summed E-state index contributed by atoms with van der Waals surface area (Å²) in [5.74, 6) is -0.161. The van der Waals surface area contributed by atoms with Crippen LogP contribution in [0.4, 0.5) is 0 Å². The number of sulfonamides is 1. The summed E-state index contributed by atoms with van der Waals surface area (Å²) in [4.78, 5) is 28.1. The van der Waals surface area contributed by atoms with Crippen LogP contribution in [0.2, 0.25) is 0 Å². The van der Waals surface area contributed by atoms with Gasteiger partial charge in [-0.05, 0) is 69.4 Å². The molecule has 2 aromatic carbocycles. The fourth-order valence-electron chi connectivity index (χ4n) is 4.25. The zero-order valence-electron chi connectivity index (χ0n) is 19.7. The molecule has 0 N–H and O–H groups in total. The third-order valence-corrected chi connectivity index (χ3v) is 8.37. The van der Waals surface area contributed by atoms with Crippen LogP contribution in [-0.4, -0.2) is 56.5 Å². The van der Waals surface area contributed by atoms with E-state index in [0.29, 0.717) is 37.1 Å². The maximum atomic E-state index is 13.2. The van der Waals surface area contributed by atoms with Gasteiger partial charge in [-0.1, -0.05) is 23.8 Å². The summed E-state index contributed by atoms with van der Waals surface area (Å²) in [5, 5.41) is 0. The molecule has 6 nitrogen and oxygen atoms in total. The van der Waals surface area contributed by atoms with E-state index in [1.54, 1.807) is 17.9 Å². The Kier molecular flexibility index (Phi) is 6.91. The van der Waals surface area contributed by atoms with E-state index in [9.17, 15) is 18.0 Å². The van der Waals surface area contributed by atoms with Crippen molar-refractivity contribution in [2.75, 3.05) is 27.2 Å². The lowest BCUT2D eigenvalue weighted by atomic mass is 9.86. The Hall–Kier alpha value is -2.51. The lowest BCUT2D eigenvalue weighted by Gasteiger charge is -2.32. The summed E-state index contributed by atoms with van der Waals surface area (Å²) in [6.07, 6.45) is 1.21. The van der Waals surface area contributed by atoms with Crippen molar-refractivity contribution in [2.24, 2.45) is 5.92 Å². The molecule has 0 bridgehead atoms. The molecule has 32 heavy (non-hydrogen) atoms. The van der Waals surface area contributed by atoms with E-state index in [2.05, 4.69) is 0 Å². The third kappa shape index (κ3) is 4.64. The first-order chi connectivity index (χ1) is 14.9. The highest BCUT2D eigenvalue weighted by Gasteiger charge is 2.30. The molecular weight excluding hydrogens is 424 g/mol. The molecule has 1 heterocycles. The normalized spacial score (nSPS) is 15.3. The van der Waals surface area contributed by atoms with Crippen LogP contribution in [0, 0.1) is 33.6 Å². The molecule has 0 aliphatic carbocycles. The molecule has 1 aliphatic heterocycles. The topological polar surface area (TPSA) is 74.8 Å².